The van der Waals surface area contributed by atoms with Gasteiger partial charge in [0.25, 0.3) is 0 Å². The standard InChI is InChI=1S/C34H40N4O3/c1-9-19-15(4)22-12-24-17(6)21(11-3)31(37-24)29-30(34(40)41-8)33(39)28-18(7)25(38-32(28)29)14-27-20(10-2)16(5)23(36-27)13-26(19)35-22/h9,12-14,17,21,30-31,35-39H,1,10-11H2,2-8H3/b23-13-,24-12-,27-14-/t17-,21-,30+,31?/m0/s1. The Morgan fingerprint density at radius 3 is 2.37 bits per heavy atom. The van der Waals surface area contributed by atoms with Gasteiger partial charge in [0.2, 0.25) is 0 Å². The smallest absolute Gasteiger partial charge is 0.320 e. The molecule has 1 saturated heterocycles. The molecule has 5 N–H and O–H groups in total. The number of allylic oxidation sites excluding steroid dienone is 1. The van der Waals surface area contributed by atoms with Gasteiger partial charge in [0.1, 0.15) is 11.7 Å². The minimum atomic E-state index is -0.850. The number of nitrogens with one attached hydrogen (secondary N) is 4. The van der Waals surface area contributed by atoms with E-state index in [9.17, 15) is 9.90 Å². The van der Waals surface area contributed by atoms with E-state index in [4.69, 9.17) is 4.74 Å². The number of carbonyl (C=O) groups is 1. The quantitative estimate of drug-likeness (QED) is 0.321. The maximum Gasteiger partial charge on any atom is 0.320 e. The molecule has 0 spiro atoms. The fourth-order valence-electron chi connectivity index (χ4n) is 7.45. The highest BCUT2D eigenvalue weighted by molar-refractivity contribution is 5.95. The molecule has 4 atom stereocenters. The van der Waals surface area contributed by atoms with Gasteiger partial charge >= 0.3 is 5.97 Å². The number of methoxy groups -OCH3 is 1. The Balaban J connectivity index is 1.76. The summed E-state index contributed by atoms with van der Waals surface area (Å²) < 4.78 is 5.23. The van der Waals surface area contributed by atoms with Crippen LogP contribution < -0.4 is 26.6 Å². The average molecular weight is 553 g/mol. The van der Waals surface area contributed by atoms with Gasteiger partial charge < -0.3 is 30.1 Å². The molecule has 214 valence electrons. The van der Waals surface area contributed by atoms with Crippen LogP contribution in [0.5, 0.6) is 0 Å². The van der Waals surface area contributed by atoms with Crippen molar-refractivity contribution < 1.29 is 14.6 Å². The molecule has 6 rings (SSSR count). The van der Waals surface area contributed by atoms with Gasteiger partial charge in [-0.25, -0.2) is 0 Å². The van der Waals surface area contributed by atoms with Gasteiger partial charge in [0.15, 0.2) is 0 Å². The number of aliphatic hydroxyl groups is 1. The third kappa shape index (κ3) is 3.81. The van der Waals surface area contributed by atoms with E-state index in [1.807, 2.05) is 13.0 Å². The first-order valence-corrected chi connectivity index (χ1v) is 14.6. The summed E-state index contributed by atoms with van der Waals surface area (Å²) in [6.45, 7) is 17.0. The Morgan fingerprint density at radius 2 is 1.71 bits per heavy atom. The molecule has 7 heteroatoms. The number of hydrogen-bond acceptors (Lipinski definition) is 4. The van der Waals surface area contributed by atoms with Crippen molar-refractivity contribution in [3.8, 4) is 0 Å². The van der Waals surface area contributed by atoms with Gasteiger partial charge in [-0.2, -0.15) is 0 Å². The van der Waals surface area contributed by atoms with Crippen LogP contribution in [0, 0.1) is 38.5 Å². The van der Waals surface area contributed by atoms with Crippen LogP contribution in [0.1, 0.15) is 72.1 Å². The second-order valence-corrected chi connectivity index (χ2v) is 11.7. The van der Waals surface area contributed by atoms with Gasteiger partial charge in [-0.05, 0) is 79.2 Å². The molecule has 3 aliphatic rings. The van der Waals surface area contributed by atoms with Crippen molar-refractivity contribution in [2.24, 2.45) is 17.8 Å². The number of carbonyl (C=O) groups excluding carboxylic acids is 1. The molecule has 0 amide bonds. The minimum absolute atomic E-state index is 0.0611. The van der Waals surface area contributed by atoms with Crippen LogP contribution in [0.4, 0.5) is 0 Å². The lowest BCUT2D eigenvalue weighted by Gasteiger charge is -2.25. The first-order chi connectivity index (χ1) is 19.6. The number of aromatic amines is 3. The Hall–Kier alpha value is -4.13. The summed E-state index contributed by atoms with van der Waals surface area (Å²) >= 11 is 0. The zero-order valence-corrected chi connectivity index (χ0v) is 25.0. The summed E-state index contributed by atoms with van der Waals surface area (Å²) in [5, 5.41) is 19.0. The number of esters is 1. The topological polar surface area (TPSA) is 106 Å². The summed E-state index contributed by atoms with van der Waals surface area (Å²) in [5.41, 5.74) is 10.5. The number of H-pyrrole nitrogens is 3. The van der Waals surface area contributed by atoms with Crippen LogP contribution in [0.15, 0.2) is 12.3 Å². The minimum Gasteiger partial charge on any atom is -0.510 e. The third-order valence-electron chi connectivity index (χ3n) is 9.80. The monoisotopic (exact) mass is 552 g/mol. The zero-order valence-electron chi connectivity index (χ0n) is 25.0. The number of ether oxygens (including phenoxy) is 1. The number of aliphatic hydroxyl groups excluding tert-OH is 1. The Labute approximate surface area is 240 Å². The van der Waals surface area contributed by atoms with Crippen molar-refractivity contribution in [2.75, 3.05) is 7.11 Å². The Bertz CT molecular complexity index is 1890. The van der Waals surface area contributed by atoms with Crippen LogP contribution in [0.3, 0.4) is 0 Å². The molecule has 0 saturated carbocycles. The van der Waals surface area contributed by atoms with E-state index in [0.29, 0.717) is 5.22 Å². The SMILES string of the molecule is C=Cc1c2[nH]c(c1C)/C=C1\NC(C3=c4[nH]c(c(C)c4=C(O)[C@@H]3C(=O)OC)/C=c3\[nH]/c(c(C)c3CC)=C\2)[C@@H](CC)[C@@H]1C. The summed E-state index contributed by atoms with van der Waals surface area (Å²) in [6, 6.07) is -0.154. The summed E-state index contributed by atoms with van der Waals surface area (Å²) in [5.74, 6) is -0.809. The second-order valence-electron chi connectivity index (χ2n) is 11.7. The van der Waals surface area contributed by atoms with Crippen molar-refractivity contribution in [3.63, 3.8) is 0 Å². The molecule has 5 heterocycles. The number of hydrogen-bond donors (Lipinski definition) is 5. The first kappa shape index (κ1) is 27.1. The van der Waals surface area contributed by atoms with Crippen LogP contribution in [0.25, 0.3) is 35.6 Å². The van der Waals surface area contributed by atoms with Crippen molar-refractivity contribution in [3.05, 3.63) is 78.4 Å². The number of aromatic nitrogens is 3. The van der Waals surface area contributed by atoms with E-state index in [-0.39, 0.29) is 23.6 Å². The van der Waals surface area contributed by atoms with Gasteiger partial charge in [0, 0.05) is 50.2 Å². The van der Waals surface area contributed by atoms with E-state index in [1.54, 1.807) is 0 Å². The van der Waals surface area contributed by atoms with E-state index in [2.05, 4.69) is 79.7 Å². The lowest BCUT2D eigenvalue weighted by molar-refractivity contribution is -0.142. The lowest BCUT2D eigenvalue weighted by Crippen LogP contribution is -2.37. The molecule has 1 unspecified atom stereocenters. The van der Waals surface area contributed by atoms with Gasteiger partial charge in [-0.1, -0.05) is 39.8 Å². The van der Waals surface area contributed by atoms with Crippen molar-refractivity contribution >= 4 is 41.6 Å². The molecular weight excluding hydrogens is 512 g/mol. The highest BCUT2D eigenvalue weighted by Gasteiger charge is 2.46. The normalized spacial score (nSPS) is 25.6. The largest absolute Gasteiger partial charge is 0.510 e. The molecular formula is C34H40N4O3. The fourth-order valence-corrected chi connectivity index (χ4v) is 7.45. The molecule has 1 aliphatic carbocycles. The van der Waals surface area contributed by atoms with Gasteiger partial charge in [-0.3, -0.25) is 4.79 Å². The highest BCUT2D eigenvalue weighted by Crippen LogP contribution is 2.41. The predicted octanol–water partition coefficient (Wildman–Crippen LogP) is 3.07. The molecule has 2 aliphatic heterocycles. The lowest BCUT2D eigenvalue weighted by atomic mass is 9.81. The van der Waals surface area contributed by atoms with E-state index in [0.717, 1.165) is 73.9 Å². The van der Waals surface area contributed by atoms with Gasteiger partial charge in [-0.15, -0.1) is 0 Å². The summed E-state index contributed by atoms with van der Waals surface area (Å²) in [6.07, 6.45) is 10.2. The molecule has 0 radical (unpaired) electrons. The first-order valence-electron chi connectivity index (χ1n) is 14.6. The maximum absolute atomic E-state index is 13.2. The molecule has 3 aromatic heterocycles. The van der Waals surface area contributed by atoms with Crippen LogP contribution in [-0.2, 0) is 16.0 Å². The molecule has 0 aromatic carbocycles. The van der Waals surface area contributed by atoms with Crippen LogP contribution in [-0.4, -0.2) is 39.2 Å². The third-order valence-corrected chi connectivity index (χ3v) is 9.80. The van der Waals surface area contributed by atoms with Crippen molar-refractivity contribution in [1.29, 1.82) is 0 Å². The molecule has 8 bridgehead atoms. The Morgan fingerprint density at radius 1 is 1.00 bits per heavy atom. The Kier molecular flexibility index (Phi) is 6.44. The van der Waals surface area contributed by atoms with Crippen molar-refractivity contribution in [2.45, 2.75) is 60.4 Å². The predicted molar refractivity (Wildman–Crippen MR) is 164 cm³/mol. The maximum atomic E-state index is 13.2. The number of fused-ring (bicyclic) bond motifs is 8. The summed E-state index contributed by atoms with van der Waals surface area (Å²) in [7, 11) is 1.38. The van der Waals surface area contributed by atoms with Crippen LogP contribution >= 0.6 is 0 Å². The zero-order chi connectivity index (χ0) is 29.3. The molecule has 1 fully saturated rings. The molecule has 7 nitrogen and oxygen atoms in total. The van der Waals surface area contributed by atoms with E-state index < -0.39 is 11.9 Å². The number of rotatable bonds is 4. The van der Waals surface area contributed by atoms with Crippen molar-refractivity contribution in [1.82, 2.24) is 20.3 Å². The highest BCUT2D eigenvalue weighted by atomic mass is 16.5. The molecule has 41 heavy (non-hydrogen) atoms. The average Bonchev–Trinajstić information content (AvgIpc) is 3.69. The van der Waals surface area contributed by atoms with E-state index in [1.165, 1.54) is 18.2 Å². The molecule has 3 aromatic rings. The van der Waals surface area contributed by atoms with E-state index >= 15 is 0 Å². The van der Waals surface area contributed by atoms with Crippen LogP contribution in [0.2, 0.25) is 0 Å². The van der Waals surface area contributed by atoms with Gasteiger partial charge in [0.05, 0.1) is 18.5 Å². The summed E-state index contributed by atoms with van der Waals surface area (Å²) in [4.78, 5) is 24.2. The fraction of sp³-hybridized carbons (Fsp3) is 0.382. The second kappa shape index (κ2) is 9.75.